The van der Waals surface area contributed by atoms with Gasteiger partial charge in [-0.3, -0.25) is 14.6 Å². The van der Waals surface area contributed by atoms with Gasteiger partial charge in [-0.15, -0.1) is 0 Å². The highest BCUT2D eigenvalue weighted by Gasteiger charge is 2.45. The first-order valence-electron chi connectivity index (χ1n) is 11.4. The maximum Gasteiger partial charge on any atom is 0.151 e. The molecule has 6 rings (SSSR count). The summed E-state index contributed by atoms with van der Waals surface area (Å²) in [5.74, 6) is 1.45. The van der Waals surface area contributed by atoms with Crippen molar-refractivity contribution in [1.82, 2.24) is 9.80 Å². The summed E-state index contributed by atoms with van der Waals surface area (Å²) in [4.78, 5) is 18.4. The number of fused-ring (bicyclic) bond motifs is 4. The number of hydrogen-bond donors (Lipinski definition) is 0. The molecular formula is C28H30N2O2. The molecule has 0 unspecified atom stereocenters. The second-order valence-corrected chi connectivity index (χ2v) is 8.96. The van der Waals surface area contributed by atoms with Crippen molar-refractivity contribution in [2.75, 3.05) is 20.2 Å². The summed E-state index contributed by atoms with van der Waals surface area (Å²) in [7, 11) is 1.69. The Morgan fingerprint density at radius 2 is 1.41 bits per heavy atom. The van der Waals surface area contributed by atoms with E-state index in [4.69, 9.17) is 4.74 Å². The zero-order chi connectivity index (χ0) is 21.9. The normalized spacial score (nSPS) is 23.8. The molecule has 3 saturated heterocycles. The van der Waals surface area contributed by atoms with E-state index in [0.717, 1.165) is 31.9 Å². The van der Waals surface area contributed by atoms with Crippen LogP contribution in [0.3, 0.4) is 0 Å². The van der Waals surface area contributed by atoms with Crippen LogP contribution >= 0.6 is 0 Å². The topological polar surface area (TPSA) is 32.8 Å². The van der Waals surface area contributed by atoms with Crippen LogP contribution in [0.15, 0.2) is 84.9 Å². The minimum Gasteiger partial charge on any atom is -0.497 e. The summed E-state index contributed by atoms with van der Waals surface area (Å²) in [6, 6.07) is 29.7. The molecule has 0 amide bonds. The summed E-state index contributed by atoms with van der Waals surface area (Å²) >= 11 is 0. The van der Waals surface area contributed by atoms with E-state index in [1.54, 1.807) is 7.11 Å². The van der Waals surface area contributed by atoms with E-state index in [-0.39, 0.29) is 12.0 Å². The van der Waals surface area contributed by atoms with Crippen LogP contribution in [0.5, 0.6) is 5.75 Å². The zero-order valence-corrected chi connectivity index (χ0v) is 18.6. The van der Waals surface area contributed by atoms with Crippen molar-refractivity contribution < 1.29 is 9.53 Å². The molecule has 0 aliphatic carbocycles. The molecule has 3 fully saturated rings. The Morgan fingerprint density at radius 1 is 0.781 bits per heavy atom. The van der Waals surface area contributed by atoms with Crippen molar-refractivity contribution in [2.45, 2.75) is 37.5 Å². The van der Waals surface area contributed by atoms with E-state index < -0.39 is 0 Å². The van der Waals surface area contributed by atoms with Crippen molar-refractivity contribution in [3.8, 4) is 5.75 Å². The highest BCUT2D eigenvalue weighted by molar-refractivity contribution is 5.86. The molecule has 0 radical (unpaired) electrons. The number of carbonyl (C=O) groups is 1. The number of ether oxygens (including phenoxy) is 1. The first-order valence-corrected chi connectivity index (χ1v) is 11.4. The largest absolute Gasteiger partial charge is 0.497 e. The monoisotopic (exact) mass is 426 g/mol. The van der Waals surface area contributed by atoms with Crippen molar-refractivity contribution in [2.24, 2.45) is 0 Å². The van der Waals surface area contributed by atoms with E-state index in [1.807, 2.05) is 12.1 Å². The molecule has 3 atom stereocenters. The molecule has 3 aromatic carbocycles. The van der Waals surface area contributed by atoms with Gasteiger partial charge >= 0.3 is 0 Å². The van der Waals surface area contributed by atoms with Gasteiger partial charge in [-0.1, -0.05) is 72.8 Å². The Hall–Kier alpha value is -2.95. The third-order valence-corrected chi connectivity index (χ3v) is 7.00. The van der Waals surface area contributed by atoms with Gasteiger partial charge < -0.3 is 4.74 Å². The number of benzene rings is 3. The molecule has 164 valence electrons. The van der Waals surface area contributed by atoms with Crippen molar-refractivity contribution in [3.63, 3.8) is 0 Å². The second-order valence-electron chi connectivity index (χ2n) is 8.96. The fourth-order valence-corrected chi connectivity index (χ4v) is 5.31. The van der Waals surface area contributed by atoms with Crippen LogP contribution in [-0.4, -0.2) is 47.9 Å². The minimum atomic E-state index is -0.0641. The average Bonchev–Trinajstić information content (AvgIpc) is 3.06. The molecule has 0 N–H and O–H groups in total. The van der Waals surface area contributed by atoms with Crippen LogP contribution in [0.4, 0.5) is 0 Å². The van der Waals surface area contributed by atoms with Crippen LogP contribution in [0.2, 0.25) is 0 Å². The van der Waals surface area contributed by atoms with Crippen molar-refractivity contribution in [3.05, 3.63) is 102 Å². The van der Waals surface area contributed by atoms with E-state index in [9.17, 15) is 4.79 Å². The van der Waals surface area contributed by atoms with Crippen LogP contribution in [0, 0.1) is 0 Å². The Kier molecular flexibility index (Phi) is 6.06. The number of Topliss-reactive ketones (excluding diaryl/α,β-unsaturated/α-hetero) is 1. The first kappa shape index (κ1) is 20.9. The zero-order valence-electron chi connectivity index (χ0n) is 18.6. The lowest BCUT2D eigenvalue weighted by atomic mass is 9.87. The lowest BCUT2D eigenvalue weighted by Crippen LogP contribution is -2.58. The molecule has 32 heavy (non-hydrogen) atoms. The highest BCUT2D eigenvalue weighted by Crippen LogP contribution is 2.37. The number of nitrogens with zero attached hydrogens (tertiary/aromatic N) is 2. The maximum atomic E-state index is 13.5. The number of piperazine rings is 1. The van der Waals surface area contributed by atoms with Crippen LogP contribution in [0.25, 0.3) is 0 Å². The molecule has 3 heterocycles. The van der Waals surface area contributed by atoms with Crippen LogP contribution in [-0.2, 0) is 17.9 Å². The third-order valence-electron chi connectivity index (χ3n) is 7.00. The van der Waals surface area contributed by atoms with E-state index in [2.05, 4.69) is 82.6 Å². The summed E-state index contributed by atoms with van der Waals surface area (Å²) < 4.78 is 5.30. The molecule has 3 aromatic rings. The molecule has 0 saturated carbocycles. The lowest BCUT2D eigenvalue weighted by molar-refractivity contribution is -0.125. The van der Waals surface area contributed by atoms with E-state index in [1.165, 1.54) is 16.7 Å². The Labute approximate surface area is 190 Å². The van der Waals surface area contributed by atoms with Crippen LogP contribution < -0.4 is 4.74 Å². The van der Waals surface area contributed by atoms with Gasteiger partial charge in [0.1, 0.15) is 5.75 Å². The molecule has 0 aromatic heterocycles. The molecular weight excluding hydrogens is 396 g/mol. The lowest BCUT2D eigenvalue weighted by Gasteiger charge is -2.45. The minimum absolute atomic E-state index is 0.0641. The first-order chi connectivity index (χ1) is 15.7. The van der Waals surface area contributed by atoms with Gasteiger partial charge in [0.05, 0.1) is 13.2 Å². The molecule has 4 nitrogen and oxygen atoms in total. The number of rotatable bonds is 6. The molecule has 3 aliphatic rings. The Balaban J connectivity index is 1.44. The second kappa shape index (κ2) is 9.27. The van der Waals surface area contributed by atoms with Gasteiger partial charge in [-0.05, 0) is 28.8 Å². The number of methoxy groups -OCH3 is 1. The summed E-state index contributed by atoms with van der Waals surface area (Å²) in [5.41, 5.74) is 3.80. The fourth-order valence-electron chi connectivity index (χ4n) is 5.31. The molecule has 2 bridgehead atoms. The van der Waals surface area contributed by atoms with Crippen LogP contribution in [0.1, 0.15) is 29.0 Å². The summed E-state index contributed by atoms with van der Waals surface area (Å²) in [6.45, 7) is 3.36. The summed E-state index contributed by atoms with van der Waals surface area (Å²) in [6.07, 6.45) is 0.615. The van der Waals surface area contributed by atoms with E-state index >= 15 is 0 Å². The Morgan fingerprint density at radius 3 is 2.09 bits per heavy atom. The average molecular weight is 427 g/mol. The summed E-state index contributed by atoms with van der Waals surface area (Å²) in [5, 5.41) is 0. The third kappa shape index (κ3) is 4.34. The predicted octanol–water partition coefficient (Wildman–Crippen LogP) is 4.51. The maximum absolute atomic E-state index is 13.5. The molecule has 3 aliphatic heterocycles. The standard InChI is InChI=1S/C28H30N2O2/c1-32-24-14-12-22(13-15-24)18-30-19-26-25(23-10-6-3-7-11-23)16-28(31)27(30)20-29(26)17-21-8-4-2-5-9-21/h2-15,25-27H,16-20H2,1H3/t25-,26+,27+/m1/s1. The highest BCUT2D eigenvalue weighted by atomic mass is 16.5. The van der Waals surface area contributed by atoms with Gasteiger partial charge in [0.15, 0.2) is 5.78 Å². The quantitative estimate of drug-likeness (QED) is 0.581. The van der Waals surface area contributed by atoms with E-state index in [0.29, 0.717) is 18.2 Å². The van der Waals surface area contributed by atoms with Gasteiger partial charge in [0.2, 0.25) is 0 Å². The van der Waals surface area contributed by atoms with Gasteiger partial charge in [0.25, 0.3) is 0 Å². The predicted molar refractivity (Wildman–Crippen MR) is 127 cm³/mol. The SMILES string of the molecule is COc1ccc(CN2C[C@H]3[C@@H](c4ccccc4)CC(=O)[C@@H]2CN3Cc2ccccc2)cc1. The fraction of sp³-hybridized carbons (Fsp3) is 0.321. The van der Waals surface area contributed by atoms with Gasteiger partial charge in [-0.25, -0.2) is 0 Å². The van der Waals surface area contributed by atoms with Gasteiger partial charge in [0, 0.05) is 44.6 Å². The smallest absolute Gasteiger partial charge is 0.151 e. The van der Waals surface area contributed by atoms with Gasteiger partial charge in [-0.2, -0.15) is 0 Å². The number of hydrogen-bond acceptors (Lipinski definition) is 4. The van der Waals surface area contributed by atoms with Crippen molar-refractivity contribution in [1.29, 1.82) is 0 Å². The van der Waals surface area contributed by atoms with Crippen molar-refractivity contribution >= 4 is 5.78 Å². The Bertz CT molecular complexity index is 1040. The number of ketones is 1. The number of carbonyl (C=O) groups excluding carboxylic acids is 1. The molecule has 0 spiro atoms. The molecule has 4 heteroatoms.